The van der Waals surface area contributed by atoms with Crippen LogP contribution in [0, 0.1) is 0 Å². The minimum Gasteiger partial charge on any atom is -0.489 e. The molecule has 2 rings (SSSR count). The Bertz CT molecular complexity index is 408. The molecule has 1 N–H and O–H groups in total. The molecule has 15 heavy (non-hydrogen) atoms. The number of rotatable bonds is 1. The van der Waals surface area contributed by atoms with Crippen molar-refractivity contribution in [1.29, 1.82) is 0 Å². The molecular weight excluding hydrogens is 218 g/mol. The number of carboxylic acid groups (broad SMARTS) is 1. The van der Waals surface area contributed by atoms with Crippen molar-refractivity contribution in [2.45, 2.75) is 6.04 Å². The van der Waals surface area contributed by atoms with Crippen LogP contribution in [0.3, 0.4) is 0 Å². The van der Waals surface area contributed by atoms with Crippen molar-refractivity contribution in [3.63, 3.8) is 0 Å². The zero-order valence-corrected chi connectivity index (χ0v) is 8.86. The second-order valence-electron chi connectivity index (χ2n) is 3.39. The van der Waals surface area contributed by atoms with Crippen LogP contribution in [0.25, 0.3) is 0 Å². The van der Waals surface area contributed by atoms with Crippen LogP contribution in [-0.4, -0.2) is 30.8 Å². The second-order valence-corrected chi connectivity index (χ2v) is 3.82. The Kier molecular flexibility index (Phi) is 2.44. The molecule has 0 bridgehead atoms. The number of fused-ring (bicyclic) bond motifs is 1. The third kappa shape index (κ3) is 1.72. The van der Waals surface area contributed by atoms with Gasteiger partial charge in [-0.2, -0.15) is 0 Å². The van der Waals surface area contributed by atoms with E-state index >= 15 is 0 Å². The van der Waals surface area contributed by atoms with E-state index in [2.05, 4.69) is 0 Å². The molecule has 0 amide bonds. The number of hydrogen-bond acceptors (Lipinski definition) is 3. The molecule has 80 valence electrons. The van der Waals surface area contributed by atoms with Crippen molar-refractivity contribution in [2.24, 2.45) is 0 Å². The largest absolute Gasteiger partial charge is 0.489 e. The summed E-state index contributed by atoms with van der Waals surface area (Å²) in [5.41, 5.74) is 0.748. The number of ether oxygens (including phenoxy) is 1. The van der Waals surface area contributed by atoms with Gasteiger partial charge in [0.2, 0.25) is 0 Å². The first kappa shape index (κ1) is 10.1. The van der Waals surface area contributed by atoms with Gasteiger partial charge in [-0.15, -0.1) is 0 Å². The SMILES string of the molecule is CN1c2ccc(Cl)cc2OCC1C(=O)O. The van der Waals surface area contributed by atoms with Crippen LogP contribution in [0.2, 0.25) is 5.02 Å². The van der Waals surface area contributed by atoms with Gasteiger partial charge in [0.15, 0.2) is 6.04 Å². The van der Waals surface area contributed by atoms with Crippen LogP contribution in [0.4, 0.5) is 5.69 Å². The molecule has 1 heterocycles. The van der Waals surface area contributed by atoms with Gasteiger partial charge in [-0.3, -0.25) is 0 Å². The average Bonchev–Trinajstić information content (AvgIpc) is 2.17. The van der Waals surface area contributed by atoms with E-state index < -0.39 is 12.0 Å². The van der Waals surface area contributed by atoms with Crippen molar-refractivity contribution < 1.29 is 14.6 Å². The summed E-state index contributed by atoms with van der Waals surface area (Å²) in [6.07, 6.45) is 0. The maximum Gasteiger partial charge on any atom is 0.329 e. The van der Waals surface area contributed by atoms with E-state index in [1.54, 1.807) is 30.1 Å². The van der Waals surface area contributed by atoms with Gasteiger partial charge < -0.3 is 14.7 Å². The average molecular weight is 228 g/mol. The fraction of sp³-hybridized carbons (Fsp3) is 0.300. The molecule has 1 atom stereocenters. The summed E-state index contributed by atoms with van der Waals surface area (Å²) in [4.78, 5) is 12.6. The number of hydrogen-bond donors (Lipinski definition) is 1. The standard InChI is InChI=1S/C10H10ClNO3/c1-12-7-3-2-6(11)4-9(7)15-5-8(12)10(13)14/h2-4,8H,5H2,1H3,(H,13,14). The molecule has 0 fully saturated rings. The minimum absolute atomic E-state index is 0.138. The molecule has 1 aliphatic heterocycles. The lowest BCUT2D eigenvalue weighted by Crippen LogP contribution is -2.45. The lowest BCUT2D eigenvalue weighted by Gasteiger charge is -2.33. The van der Waals surface area contributed by atoms with Crippen molar-refractivity contribution >= 4 is 23.3 Å². The van der Waals surface area contributed by atoms with E-state index in [1.807, 2.05) is 0 Å². The Morgan fingerprint density at radius 3 is 3.07 bits per heavy atom. The maximum atomic E-state index is 10.9. The first-order valence-corrected chi connectivity index (χ1v) is 4.85. The second kappa shape index (κ2) is 3.62. The smallest absolute Gasteiger partial charge is 0.329 e. The topological polar surface area (TPSA) is 49.8 Å². The van der Waals surface area contributed by atoms with Crippen molar-refractivity contribution in [3.05, 3.63) is 23.2 Å². The Labute approximate surface area is 92.0 Å². The first-order valence-electron chi connectivity index (χ1n) is 4.47. The van der Waals surface area contributed by atoms with Gasteiger partial charge in [0.25, 0.3) is 0 Å². The highest BCUT2D eigenvalue weighted by atomic mass is 35.5. The zero-order valence-electron chi connectivity index (χ0n) is 8.11. The summed E-state index contributed by atoms with van der Waals surface area (Å²) in [5.74, 6) is -0.263. The predicted molar refractivity (Wildman–Crippen MR) is 56.8 cm³/mol. The number of aliphatic carboxylic acids is 1. The van der Waals surface area contributed by atoms with Crippen molar-refractivity contribution in [3.8, 4) is 5.75 Å². The highest BCUT2D eigenvalue weighted by Crippen LogP contribution is 2.34. The summed E-state index contributed by atoms with van der Waals surface area (Å²) in [6, 6.07) is 4.52. The third-order valence-electron chi connectivity index (χ3n) is 2.45. The van der Waals surface area contributed by atoms with Gasteiger partial charge in [0.05, 0.1) is 5.69 Å². The molecule has 5 heteroatoms. The van der Waals surface area contributed by atoms with E-state index in [9.17, 15) is 4.79 Å². The van der Waals surface area contributed by atoms with Gasteiger partial charge in [0.1, 0.15) is 12.4 Å². The molecule has 1 aromatic carbocycles. The molecule has 0 aromatic heterocycles. The van der Waals surface area contributed by atoms with Crippen LogP contribution in [0.1, 0.15) is 0 Å². The number of benzene rings is 1. The van der Waals surface area contributed by atoms with E-state index in [4.69, 9.17) is 21.4 Å². The normalized spacial score (nSPS) is 19.3. The summed E-state index contributed by atoms with van der Waals surface area (Å²) in [5, 5.41) is 9.52. The summed E-state index contributed by atoms with van der Waals surface area (Å²) >= 11 is 5.81. The molecule has 1 unspecified atom stereocenters. The van der Waals surface area contributed by atoms with Crippen LogP contribution in [-0.2, 0) is 4.79 Å². The van der Waals surface area contributed by atoms with Gasteiger partial charge in [-0.05, 0) is 12.1 Å². The van der Waals surface area contributed by atoms with Crippen LogP contribution >= 0.6 is 11.6 Å². The highest BCUT2D eigenvalue weighted by molar-refractivity contribution is 6.30. The summed E-state index contributed by atoms with van der Waals surface area (Å²) in [7, 11) is 1.73. The molecule has 1 aliphatic rings. The fourth-order valence-electron chi connectivity index (χ4n) is 1.58. The van der Waals surface area contributed by atoms with E-state index in [-0.39, 0.29) is 6.61 Å². The molecule has 0 aliphatic carbocycles. The molecule has 0 radical (unpaired) electrons. The number of halogens is 1. The number of carbonyl (C=O) groups is 1. The number of nitrogens with zero attached hydrogens (tertiary/aromatic N) is 1. The first-order chi connectivity index (χ1) is 7.09. The molecule has 0 saturated heterocycles. The van der Waals surface area contributed by atoms with Gasteiger partial charge in [-0.25, -0.2) is 4.79 Å². The number of carboxylic acids is 1. The molecule has 0 spiro atoms. The monoisotopic (exact) mass is 227 g/mol. The summed E-state index contributed by atoms with van der Waals surface area (Å²) in [6.45, 7) is 0.138. The molecular formula is C10H10ClNO3. The van der Waals surface area contributed by atoms with Gasteiger partial charge in [0, 0.05) is 18.1 Å². The van der Waals surface area contributed by atoms with Crippen LogP contribution < -0.4 is 9.64 Å². The Morgan fingerprint density at radius 2 is 2.40 bits per heavy atom. The Morgan fingerprint density at radius 1 is 1.67 bits per heavy atom. The molecule has 1 aromatic rings. The number of anilines is 1. The zero-order chi connectivity index (χ0) is 11.0. The maximum absolute atomic E-state index is 10.9. The fourth-order valence-corrected chi connectivity index (χ4v) is 1.74. The number of likely N-dealkylation sites (N-methyl/N-ethyl adjacent to an activating group) is 1. The molecule has 0 saturated carbocycles. The third-order valence-corrected chi connectivity index (χ3v) is 2.69. The van der Waals surface area contributed by atoms with E-state index in [1.165, 1.54) is 0 Å². The Balaban J connectivity index is 2.38. The Hall–Kier alpha value is -1.42. The van der Waals surface area contributed by atoms with Crippen molar-refractivity contribution in [1.82, 2.24) is 0 Å². The predicted octanol–water partition coefficient (Wildman–Crippen LogP) is 1.62. The van der Waals surface area contributed by atoms with Gasteiger partial charge >= 0.3 is 5.97 Å². The van der Waals surface area contributed by atoms with E-state index in [0.29, 0.717) is 10.8 Å². The lowest BCUT2D eigenvalue weighted by atomic mass is 10.2. The summed E-state index contributed by atoms with van der Waals surface area (Å²) < 4.78 is 5.34. The van der Waals surface area contributed by atoms with Crippen LogP contribution in [0.15, 0.2) is 18.2 Å². The van der Waals surface area contributed by atoms with Crippen molar-refractivity contribution in [2.75, 3.05) is 18.6 Å². The highest BCUT2D eigenvalue weighted by Gasteiger charge is 2.30. The quantitative estimate of drug-likeness (QED) is 0.792. The lowest BCUT2D eigenvalue weighted by molar-refractivity contribution is -0.139. The van der Waals surface area contributed by atoms with E-state index in [0.717, 1.165) is 5.69 Å². The van der Waals surface area contributed by atoms with Crippen LogP contribution in [0.5, 0.6) is 5.75 Å². The van der Waals surface area contributed by atoms with Gasteiger partial charge in [-0.1, -0.05) is 11.6 Å². The molecule has 4 nitrogen and oxygen atoms in total. The minimum atomic E-state index is -0.891.